The average molecular weight is 299 g/mol. The number of anilines is 2. The molecule has 0 spiro atoms. The minimum Gasteiger partial charge on any atom is -0.349 e. The fourth-order valence-electron chi connectivity index (χ4n) is 2.37. The normalized spacial score (nSPS) is 10.3. The molecule has 1 aromatic carbocycles. The van der Waals surface area contributed by atoms with Gasteiger partial charge in [0.1, 0.15) is 0 Å². The number of amides is 2. The Balaban J connectivity index is 1.93. The van der Waals surface area contributed by atoms with Crippen molar-refractivity contribution in [1.82, 2.24) is 4.57 Å². The molecule has 0 radical (unpaired) electrons. The molecule has 116 valence electrons. The van der Waals surface area contributed by atoms with Crippen LogP contribution in [0.25, 0.3) is 0 Å². The molecule has 0 atom stereocenters. The molecular weight excluding hydrogens is 278 g/mol. The van der Waals surface area contributed by atoms with E-state index < -0.39 is 0 Å². The first-order valence-corrected chi connectivity index (χ1v) is 7.26. The highest BCUT2D eigenvalue weighted by Gasteiger charge is 2.06. The number of carbonyl (C=O) groups excluding carboxylic acids is 2. The summed E-state index contributed by atoms with van der Waals surface area (Å²) in [5.74, 6) is -0.186. The predicted molar refractivity (Wildman–Crippen MR) is 87.9 cm³/mol. The third-order valence-electron chi connectivity index (χ3n) is 3.45. The van der Waals surface area contributed by atoms with Crippen molar-refractivity contribution in [1.29, 1.82) is 0 Å². The number of carbonyl (C=O) groups is 2. The Morgan fingerprint density at radius 2 is 1.59 bits per heavy atom. The molecule has 5 nitrogen and oxygen atoms in total. The van der Waals surface area contributed by atoms with Gasteiger partial charge < -0.3 is 15.2 Å². The molecule has 1 heterocycles. The molecule has 0 saturated carbocycles. The summed E-state index contributed by atoms with van der Waals surface area (Å²) in [6, 6.07) is 11.2. The first kappa shape index (κ1) is 15.8. The summed E-state index contributed by atoms with van der Waals surface area (Å²) in [6.07, 6.45) is 0.403. The Hall–Kier alpha value is -2.56. The minimum absolute atomic E-state index is 0.0486. The fourth-order valence-corrected chi connectivity index (χ4v) is 2.37. The second-order valence-corrected chi connectivity index (χ2v) is 5.33. The predicted octanol–water partition coefficient (Wildman–Crippen LogP) is 3.09. The van der Waals surface area contributed by atoms with Gasteiger partial charge in [0.15, 0.2) is 0 Å². The monoisotopic (exact) mass is 299 g/mol. The number of rotatable bonds is 5. The average Bonchev–Trinajstić information content (AvgIpc) is 2.75. The summed E-state index contributed by atoms with van der Waals surface area (Å²) in [5.41, 5.74) is 3.65. The number of benzene rings is 1. The topological polar surface area (TPSA) is 63.1 Å². The lowest BCUT2D eigenvalue weighted by Gasteiger charge is -2.10. The van der Waals surface area contributed by atoms with Crippen LogP contribution in [0.5, 0.6) is 0 Å². The maximum absolute atomic E-state index is 12.1. The number of hydrogen-bond acceptors (Lipinski definition) is 2. The van der Waals surface area contributed by atoms with Gasteiger partial charge in [0.2, 0.25) is 11.8 Å². The van der Waals surface area contributed by atoms with Crippen molar-refractivity contribution in [3.05, 3.63) is 47.8 Å². The van der Waals surface area contributed by atoms with E-state index in [1.54, 1.807) is 24.3 Å². The first-order valence-electron chi connectivity index (χ1n) is 7.26. The van der Waals surface area contributed by atoms with Crippen molar-refractivity contribution in [2.45, 2.75) is 33.7 Å². The van der Waals surface area contributed by atoms with Gasteiger partial charge in [-0.15, -0.1) is 0 Å². The Morgan fingerprint density at radius 1 is 1.00 bits per heavy atom. The maximum atomic E-state index is 12.1. The second-order valence-electron chi connectivity index (χ2n) is 5.33. The summed E-state index contributed by atoms with van der Waals surface area (Å²) < 4.78 is 2.12. The second kappa shape index (κ2) is 6.93. The number of aromatic nitrogens is 1. The Bertz CT molecular complexity index is 669. The molecule has 0 fully saturated rings. The van der Waals surface area contributed by atoms with Crippen LogP contribution >= 0.6 is 0 Å². The van der Waals surface area contributed by atoms with Crippen molar-refractivity contribution in [2.24, 2.45) is 0 Å². The molecular formula is C17H21N3O2. The minimum atomic E-state index is -0.137. The summed E-state index contributed by atoms with van der Waals surface area (Å²) >= 11 is 0. The van der Waals surface area contributed by atoms with Crippen LogP contribution in [-0.2, 0) is 16.1 Å². The van der Waals surface area contributed by atoms with E-state index in [1.165, 1.54) is 6.92 Å². The number of aryl methyl sites for hydroxylation is 2. The van der Waals surface area contributed by atoms with Gasteiger partial charge in [0, 0.05) is 42.7 Å². The van der Waals surface area contributed by atoms with Crippen LogP contribution in [0.1, 0.15) is 24.7 Å². The third-order valence-corrected chi connectivity index (χ3v) is 3.45. The van der Waals surface area contributed by atoms with E-state index in [4.69, 9.17) is 0 Å². The Labute approximate surface area is 130 Å². The summed E-state index contributed by atoms with van der Waals surface area (Å²) in [6.45, 7) is 6.17. The molecule has 0 unspecified atom stereocenters. The SMILES string of the molecule is CC(=O)Nc1cccc(NC(=O)CCn2c(C)ccc2C)c1. The smallest absolute Gasteiger partial charge is 0.226 e. The molecule has 1 aromatic heterocycles. The van der Waals surface area contributed by atoms with E-state index in [0.29, 0.717) is 24.3 Å². The zero-order chi connectivity index (χ0) is 16.1. The van der Waals surface area contributed by atoms with Crippen LogP contribution in [-0.4, -0.2) is 16.4 Å². The summed E-state index contributed by atoms with van der Waals surface area (Å²) in [7, 11) is 0. The lowest BCUT2D eigenvalue weighted by molar-refractivity contribution is -0.116. The van der Waals surface area contributed by atoms with Gasteiger partial charge >= 0.3 is 0 Å². The molecule has 22 heavy (non-hydrogen) atoms. The highest BCUT2D eigenvalue weighted by atomic mass is 16.2. The highest BCUT2D eigenvalue weighted by Crippen LogP contribution is 2.15. The number of nitrogens with one attached hydrogen (secondary N) is 2. The van der Waals surface area contributed by atoms with Crippen LogP contribution in [0.4, 0.5) is 11.4 Å². The molecule has 2 rings (SSSR count). The van der Waals surface area contributed by atoms with E-state index >= 15 is 0 Å². The fraction of sp³-hybridized carbons (Fsp3) is 0.294. The quantitative estimate of drug-likeness (QED) is 0.891. The molecule has 2 aromatic rings. The Kier molecular flexibility index (Phi) is 4.99. The van der Waals surface area contributed by atoms with Gasteiger partial charge in [-0.05, 0) is 44.2 Å². The molecule has 0 aliphatic rings. The van der Waals surface area contributed by atoms with Gasteiger partial charge in [-0.1, -0.05) is 6.07 Å². The van der Waals surface area contributed by atoms with Gasteiger partial charge in [0.25, 0.3) is 0 Å². The number of nitrogens with zero attached hydrogens (tertiary/aromatic N) is 1. The lowest BCUT2D eigenvalue weighted by Crippen LogP contribution is -2.15. The standard InChI is InChI=1S/C17H21N3O2/c1-12-7-8-13(2)20(12)10-9-17(22)19-16-6-4-5-15(11-16)18-14(3)21/h4-8,11H,9-10H2,1-3H3,(H,18,21)(H,19,22). The number of hydrogen-bond donors (Lipinski definition) is 2. The first-order chi connectivity index (χ1) is 10.5. The van der Waals surface area contributed by atoms with E-state index in [1.807, 2.05) is 26.0 Å². The van der Waals surface area contributed by atoms with Gasteiger partial charge in [0.05, 0.1) is 0 Å². The van der Waals surface area contributed by atoms with Gasteiger partial charge in [-0.2, -0.15) is 0 Å². The van der Waals surface area contributed by atoms with Crippen LogP contribution in [0.15, 0.2) is 36.4 Å². The molecule has 0 saturated heterocycles. The summed E-state index contributed by atoms with van der Waals surface area (Å²) in [4.78, 5) is 23.1. The van der Waals surface area contributed by atoms with Crippen molar-refractivity contribution < 1.29 is 9.59 Å². The van der Waals surface area contributed by atoms with E-state index in [-0.39, 0.29) is 11.8 Å². The van der Waals surface area contributed by atoms with Crippen molar-refractivity contribution >= 4 is 23.2 Å². The molecule has 0 aliphatic heterocycles. The van der Waals surface area contributed by atoms with Gasteiger partial charge in [-0.25, -0.2) is 0 Å². The van der Waals surface area contributed by atoms with E-state index in [0.717, 1.165) is 11.4 Å². The Morgan fingerprint density at radius 3 is 2.18 bits per heavy atom. The highest BCUT2D eigenvalue weighted by molar-refractivity contribution is 5.93. The molecule has 5 heteroatoms. The maximum Gasteiger partial charge on any atom is 0.226 e. The van der Waals surface area contributed by atoms with Crippen LogP contribution < -0.4 is 10.6 Å². The largest absolute Gasteiger partial charge is 0.349 e. The van der Waals surface area contributed by atoms with E-state index in [2.05, 4.69) is 15.2 Å². The third kappa shape index (κ3) is 4.22. The summed E-state index contributed by atoms with van der Waals surface area (Å²) in [5, 5.41) is 5.55. The van der Waals surface area contributed by atoms with Crippen LogP contribution in [0.2, 0.25) is 0 Å². The van der Waals surface area contributed by atoms with Crippen LogP contribution in [0, 0.1) is 13.8 Å². The molecule has 0 bridgehead atoms. The van der Waals surface area contributed by atoms with Crippen molar-refractivity contribution in [2.75, 3.05) is 10.6 Å². The molecule has 2 N–H and O–H groups in total. The zero-order valence-corrected chi connectivity index (χ0v) is 13.1. The van der Waals surface area contributed by atoms with Crippen molar-refractivity contribution in [3.63, 3.8) is 0 Å². The lowest BCUT2D eigenvalue weighted by atomic mass is 10.2. The molecule has 2 amide bonds. The van der Waals surface area contributed by atoms with Crippen LogP contribution in [0.3, 0.4) is 0 Å². The van der Waals surface area contributed by atoms with Gasteiger partial charge in [-0.3, -0.25) is 9.59 Å². The van der Waals surface area contributed by atoms with E-state index in [9.17, 15) is 9.59 Å². The van der Waals surface area contributed by atoms with Crippen molar-refractivity contribution in [3.8, 4) is 0 Å². The molecule has 0 aliphatic carbocycles. The zero-order valence-electron chi connectivity index (χ0n) is 13.1.